The highest BCUT2D eigenvalue weighted by Crippen LogP contribution is 2.12. The SMILES string of the molecule is O[C@H]1CCCN(Cc2cnsn2)C1. The van der Waals surface area contributed by atoms with E-state index >= 15 is 0 Å². The molecule has 13 heavy (non-hydrogen) atoms. The Morgan fingerprint density at radius 1 is 1.69 bits per heavy atom. The van der Waals surface area contributed by atoms with Crippen molar-refractivity contribution < 1.29 is 5.11 Å². The molecule has 0 aromatic carbocycles. The summed E-state index contributed by atoms with van der Waals surface area (Å²) >= 11 is 1.24. The zero-order valence-corrected chi connectivity index (χ0v) is 8.20. The summed E-state index contributed by atoms with van der Waals surface area (Å²) in [5, 5.41) is 9.43. The first kappa shape index (κ1) is 9.05. The van der Waals surface area contributed by atoms with Crippen molar-refractivity contribution >= 4 is 11.7 Å². The molecular weight excluding hydrogens is 186 g/mol. The largest absolute Gasteiger partial charge is 0.392 e. The summed E-state index contributed by atoms with van der Waals surface area (Å²) in [4.78, 5) is 2.23. The molecule has 1 fully saturated rings. The lowest BCUT2D eigenvalue weighted by atomic mass is 10.1. The number of piperidine rings is 1. The second-order valence-electron chi connectivity index (χ2n) is 3.43. The number of aliphatic hydroxyl groups is 1. The number of hydrogen-bond acceptors (Lipinski definition) is 5. The Balaban J connectivity index is 1.87. The molecule has 1 atom stereocenters. The van der Waals surface area contributed by atoms with E-state index in [2.05, 4.69) is 13.6 Å². The van der Waals surface area contributed by atoms with Crippen molar-refractivity contribution in [3.05, 3.63) is 11.9 Å². The fraction of sp³-hybridized carbons (Fsp3) is 0.750. The van der Waals surface area contributed by atoms with E-state index in [-0.39, 0.29) is 6.10 Å². The summed E-state index contributed by atoms with van der Waals surface area (Å²) in [5.41, 5.74) is 1.01. The van der Waals surface area contributed by atoms with Crippen molar-refractivity contribution in [1.82, 2.24) is 13.6 Å². The van der Waals surface area contributed by atoms with E-state index in [9.17, 15) is 5.11 Å². The van der Waals surface area contributed by atoms with Crippen LogP contribution in [0.25, 0.3) is 0 Å². The molecule has 1 aliphatic heterocycles. The van der Waals surface area contributed by atoms with E-state index in [1.807, 2.05) is 0 Å². The van der Waals surface area contributed by atoms with Gasteiger partial charge >= 0.3 is 0 Å². The van der Waals surface area contributed by atoms with Crippen molar-refractivity contribution in [3.63, 3.8) is 0 Å². The first-order chi connectivity index (χ1) is 6.34. The van der Waals surface area contributed by atoms with Gasteiger partial charge in [-0.25, -0.2) is 0 Å². The third kappa shape index (κ3) is 2.46. The van der Waals surface area contributed by atoms with Crippen LogP contribution in [0.1, 0.15) is 18.5 Å². The third-order valence-corrected chi connectivity index (χ3v) is 2.79. The molecule has 0 saturated carbocycles. The topological polar surface area (TPSA) is 49.2 Å². The van der Waals surface area contributed by atoms with E-state index in [0.29, 0.717) is 0 Å². The van der Waals surface area contributed by atoms with Crippen LogP contribution in [0.5, 0.6) is 0 Å². The highest BCUT2D eigenvalue weighted by Gasteiger charge is 2.17. The molecule has 0 amide bonds. The maximum Gasteiger partial charge on any atom is 0.0883 e. The normalized spacial score (nSPS) is 24.8. The van der Waals surface area contributed by atoms with Gasteiger partial charge < -0.3 is 5.11 Å². The van der Waals surface area contributed by atoms with Gasteiger partial charge in [-0.15, -0.1) is 0 Å². The van der Waals surface area contributed by atoms with E-state index in [4.69, 9.17) is 0 Å². The van der Waals surface area contributed by atoms with Gasteiger partial charge in [0.15, 0.2) is 0 Å². The van der Waals surface area contributed by atoms with Crippen molar-refractivity contribution in [3.8, 4) is 0 Å². The summed E-state index contributed by atoms with van der Waals surface area (Å²) in [5.74, 6) is 0. The number of rotatable bonds is 2. The number of aromatic nitrogens is 2. The fourth-order valence-electron chi connectivity index (χ4n) is 1.66. The molecule has 2 heterocycles. The molecule has 5 heteroatoms. The Labute approximate surface area is 81.5 Å². The number of likely N-dealkylation sites (tertiary alicyclic amines) is 1. The highest BCUT2D eigenvalue weighted by atomic mass is 32.1. The van der Waals surface area contributed by atoms with E-state index < -0.39 is 0 Å². The predicted octanol–water partition coefficient (Wildman–Crippen LogP) is 0.495. The van der Waals surface area contributed by atoms with Crippen molar-refractivity contribution in [1.29, 1.82) is 0 Å². The first-order valence-electron chi connectivity index (χ1n) is 4.51. The molecule has 1 saturated heterocycles. The molecule has 0 bridgehead atoms. The second kappa shape index (κ2) is 4.13. The van der Waals surface area contributed by atoms with Gasteiger partial charge in [0.05, 0.1) is 29.7 Å². The van der Waals surface area contributed by atoms with Crippen LogP contribution in [-0.4, -0.2) is 37.9 Å². The fourth-order valence-corrected chi connectivity index (χ4v) is 2.08. The van der Waals surface area contributed by atoms with Crippen LogP contribution in [0, 0.1) is 0 Å². The minimum absolute atomic E-state index is 0.152. The first-order valence-corrected chi connectivity index (χ1v) is 5.24. The predicted molar refractivity (Wildman–Crippen MR) is 50.4 cm³/mol. The number of β-amino-alcohol motifs (C(OH)–C–C–N with tert-alkyl or cyclic N) is 1. The summed E-state index contributed by atoms with van der Waals surface area (Å²) in [6.45, 7) is 2.67. The number of hydrogen-bond donors (Lipinski definition) is 1. The molecule has 1 N–H and O–H groups in total. The van der Waals surface area contributed by atoms with Crippen molar-refractivity contribution in [2.45, 2.75) is 25.5 Å². The molecule has 1 aromatic rings. The van der Waals surface area contributed by atoms with Gasteiger partial charge in [0, 0.05) is 13.1 Å². The smallest absolute Gasteiger partial charge is 0.0883 e. The molecule has 0 radical (unpaired) electrons. The molecule has 0 unspecified atom stereocenters. The minimum atomic E-state index is -0.152. The zero-order chi connectivity index (χ0) is 9.10. The molecule has 72 valence electrons. The summed E-state index contributed by atoms with van der Waals surface area (Å²) < 4.78 is 8.09. The summed E-state index contributed by atoms with van der Waals surface area (Å²) in [6, 6.07) is 0. The maximum atomic E-state index is 9.43. The monoisotopic (exact) mass is 199 g/mol. The highest BCUT2D eigenvalue weighted by molar-refractivity contribution is 6.99. The second-order valence-corrected chi connectivity index (χ2v) is 3.99. The van der Waals surface area contributed by atoms with Crippen molar-refractivity contribution in [2.75, 3.05) is 13.1 Å². The summed E-state index contributed by atoms with van der Waals surface area (Å²) in [6.07, 6.45) is 3.66. The Hall–Kier alpha value is -0.520. The molecule has 0 aliphatic carbocycles. The van der Waals surface area contributed by atoms with Gasteiger partial charge in [-0.2, -0.15) is 8.75 Å². The average molecular weight is 199 g/mol. The van der Waals surface area contributed by atoms with Gasteiger partial charge in [-0.3, -0.25) is 4.90 Å². The Kier molecular flexibility index (Phi) is 2.87. The van der Waals surface area contributed by atoms with Crippen LogP contribution in [0.2, 0.25) is 0 Å². The van der Waals surface area contributed by atoms with Crippen LogP contribution in [0.15, 0.2) is 6.20 Å². The standard InChI is InChI=1S/C8H13N3OS/c12-8-2-1-3-11(6-8)5-7-4-9-13-10-7/h4,8,12H,1-3,5-6H2/t8-/m0/s1. The maximum absolute atomic E-state index is 9.43. The van der Waals surface area contributed by atoms with Crippen LogP contribution >= 0.6 is 11.7 Å². The van der Waals surface area contributed by atoms with Crippen molar-refractivity contribution in [2.24, 2.45) is 0 Å². The summed E-state index contributed by atoms with van der Waals surface area (Å²) in [7, 11) is 0. The molecular formula is C8H13N3OS. The van der Waals surface area contributed by atoms with Crippen LogP contribution in [0.4, 0.5) is 0 Å². The van der Waals surface area contributed by atoms with Gasteiger partial charge in [-0.05, 0) is 19.4 Å². The van der Waals surface area contributed by atoms with Crippen LogP contribution in [-0.2, 0) is 6.54 Å². The molecule has 4 nitrogen and oxygen atoms in total. The molecule has 1 aliphatic rings. The molecule has 0 spiro atoms. The lowest BCUT2D eigenvalue weighted by Gasteiger charge is -2.29. The Morgan fingerprint density at radius 3 is 3.31 bits per heavy atom. The van der Waals surface area contributed by atoms with Gasteiger partial charge in [0.25, 0.3) is 0 Å². The lowest BCUT2D eigenvalue weighted by molar-refractivity contribution is 0.0663. The van der Waals surface area contributed by atoms with Gasteiger partial charge in [-0.1, -0.05) is 0 Å². The quantitative estimate of drug-likeness (QED) is 0.753. The third-order valence-electron chi connectivity index (χ3n) is 2.27. The Bertz CT molecular complexity index is 252. The van der Waals surface area contributed by atoms with Crippen LogP contribution in [0.3, 0.4) is 0 Å². The van der Waals surface area contributed by atoms with E-state index in [0.717, 1.165) is 38.2 Å². The van der Waals surface area contributed by atoms with Gasteiger partial charge in [0.2, 0.25) is 0 Å². The average Bonchev–Trinajstić information content (AvgIpc) is 2.57. The van der Waals surface area contributed by atoms with Gasteiger partial charge in [0.1, 0.15) is 0 Å². The number of aliphatic hydroxyl groups excluding tert-OH is 1. The molecule has 1 aromatic heterocycles. The van der Waals surface area contributed by atoms with Crippen LogP contribution < -0.4 is 0 Å². The molecule has 2 rings (SSSR count). The van der Waals surface area contributed by atoms with E-state index in [1.54, 1.807) is 6.20 Å². The number of nitrogens with zero attached hydrogens (tertiary/aromatic N) is 3. The van der Waals surface area contributed by atoms with E-state index in [1.165, 1.54) is 11.7 Å². The zero-order valence-electron chi connectivity index (χ0n) is 7.39. The Morgan fingerprint density at radius 2 is 2.62 bits per heavy atom. The minimum Gasteiger partial charge on any atom is -0.392 e. The lowest BCUT2D eigenvalue weighted by Crippen LogP contribution is -2.37.